The Morgan fingerprint density at radius 1 is 0.957 bits per heavy atom. The molecule has 1 N–H and O–H groups in total. The van der Waals surface area contributed by atoms with Crippen molar-refractivity contribution in [3.05, 3.63) is 81.7 Å². The topological polar surface area (TPSA) is 70.1 Å². The van der Waals surface area contributed by atoms with Crippen molar-refractivity contribution < 1.29 is 28.2 Å². The second kappa shape index (κ2) is 14.4. The van der Waals surface area contributed by atoms with Crippen LogP contribution in [0.3, 0.4) is 0 Å². The van der Waals surface area contributed by atoms with E-state index in [0.717, 1.165) is 45.1 Å². The van der Waals surface area contributed by atoms with Gasteiger partial charge in [0.05, 0.1) is 22.2 Å². The summed E-state index contributed by atoms with van der Waals surface area (Å²) in [7, 11) is 1.58. The lowest BCUT2D eigenvalue weighted by Gasteiger charge is -2.41. The van der Waals surface area contributed by atoms with Crippen LogP contribution in [0.25, 0.3) is 21.2 Å². The molecule has 0 radical (unpaired) electrons. The van der Waals surface area contributed by atoms with Crippen LogP contribution in [0.4, 0.5) is 13.6 Å². The van der Waals surface area contributed by atoms with Crippen molar-refractivity contribution in [1.82, 2.24) is 9.80 Å². The number of thioether (sulfide) groups is 1. The first-order valence-electron chi connectivity index (χ1n) is 15.5. The number of amides is 2. The van der Waals surface area contributed by atoms with Gasteiger partial charge in [0.2, 0.25) is 0 Å². The molecule has 1 saturated carbocycles. The maximum absolute atomic E-state index is 14.8. The van der Waals surface area contributed by atoms with Crippen molar-refractivity contribution in [1.29, 1.82) is 0 Å². The fourth-order valence-corrected chi connectivity index (χ4v) is 8.24. The van der Waals surface area contributed by atoms with Crippen LogP contribution in [-0.4, -0.2) is 58.9 Å². The van der Waals surface area contributed by atoms with Gasteiger partial charge in [-0.2, -0.15) is 0 Å². The zero-order chi connectivity index (χ0) is 34.0. The van der Waals surface area contributed by atoms with Crippen molar-refractivity contribution in [3.63, 3.8) is 0 Å². The standard InChI is InChI=1S/C36H39ClF2N2O4S2/c1-36(2,3)20-41(35(43)44)25-11-9-24(10-12-25)40(34(42)33-31(37)30-27(38)15-16-28(39)32(30)47-33)19-23-18-22(8-17-29(23)45-4)21-6-13-26(46-5)14-7-21/h6-8,13-18,24-25H,9-12,19-20H2,1-5H3,(H,43,44). The van der Waals surface area contributed by atoms with Gasteiger partial charge in [0.1, 0.15) is 22.3 Å². The Bertz CT molecular complexity index is 1770. The number of hydrogen-bond acceptors (Lipinski definition) is 5. The first kappa shape index (κ1) is 35.0. The van der Waals surface area contributed by atoms with Gasteiger partial charge in [-0.3, -0.25) is 4.79 Å². The number of fused-ring (bicyclic) bond motifs is 1. The fraction of sp³-hybridized carbons (Fsp3) is 0.389. The summed E-state index contributed by atoms with van der Waals surface area (Å²) >= 11 is 9.13. The molecule has 0 unspecified atom stereocenters. The molecule has 0 aliphatic heterocycles. The minimum absolute atomic E-state index is 0.00504. The first-order chi connectivity index (χ1) is 22.3. The lowest BCUT2D eigenvalue weighted by Crippen LogP contribution is -2.49. The minimum atomic E-state index is -0.954. The quantitative estimate of drug-likeness (QED) is 0.176. The molecule has 1 heterocycles. The van der Waals surface area contributed by atoms with Crippen LogP contribution in [0.5, 0.6) is 5.75 Å². The van der Waals surface area contributed by atoms with E-state index in [1.807, 2.05) is 57.4 Å². The molecular formula is C36H39ClF2N2O4S2. The van der Waals surface area contributed by atoms with E-state index >= 15 is 0 Å². The number of thiophene rings is 1. The van der Waals surface area contributed by atoms with Crippen LogP contribution in [-0.2, 0) is 6.54 Å². The van der Waals surface area contributed by atoms with Gasteiger partial charge in [0, 0.05) is 35.6 Å². The van der Waals surface area contributed by atoms with E-state index in [2.05, 4.69) is 12.1 Å². The second-order valence-corrected chi connectivity index (χ2v) is 15.4. The molecule has 1 aliphatic rings. The molecular weight excluding hydrogens is 662 g/mol. The number of carbonyl (C=O) groups is 2. The molecule has 47 heavy (non-hydrogen) atoms. The Hall–Kier alpha value is -3.34. The Morgan fingerprint density at radius 2 is 1.55 bits per heavy atom. The van der Waals surface area contributed by atoms with Crippen molar-refractivity contribution in [3.8, 4) is 16.9 Å². The number of rotatable bonds is 9. The van der Waals surface area contributed by atoms with Crippen LogP contribution in [0.2, 0.25) is 5.02 Å². The normalized spacial score (nSPS) is 16.7. The second-order valence-electron chi connectivity index (χ2n) is 13.1. The Labute approximate surface area is 287 Å². The van der Waals surface area contributed by atoms with Crippen LogP contribution in [0.1, 0.15) is 61.7 Å². The number of hydrogen-bond donors (Lipinski definition) is 1. The molecule has 6 nitrogen and oxygen atoms in total. The summed E-state index contributed by atoms with van der Waals surface area (Å²) in [6, 6.07) is 15.6. The number of nitrogens with zero attached hydrogens (tertiary/aromatic N) is 2. The SMILES string of the molecule is COc1ccc(-c2ccc(SC)cc2)cc1CN(C(=O)c1sc2c(F)ccc(F)c2c1Cl)C1CCC(N(CC(C)(C)C)C(=O)O)CC1. The van der Waals surface area contributed by atoms with Gasteiger partial charge >= 0.3 is 6.09 Å². The lowest BCUT2D eigenvalue weighted by atomic mass is 9.87. The summed E-state index contributed by atoms with van der Waals surface area (Å²) in [6.07, 6.45) is 3.30. The third kappa shape index (κ3) is 7.71. The van der Waals surface area contributed by atoms with Gasteiger partial charge in [0.25, 0.3) is 5.91 Å². The number of benzene rings is 3. The molecule has 1 aromatic heterocycles. The summed E-state index contributed by atoms with van der Waals surface area (Å²) in [5.74, 6) is -1.17. The zero-order valence-corrected chi connectivity index (χ0v) is 29.5. The van der Waals surface area contributed by atoms with Crippen LogP contribution in [0.15, 0.2) is 59.5 Å². The summed E-state index contributed by atoms with van der Waals surface area (Å²) in [4.78, 5) is 31.1. The highest BCUT2D eigenvalue weighted by atomic mass is 35.5. The number of carboxylic acid groups (broad SMARTS) is 1. The maximum atomic E-state index is 14.8. The third-order valence-corrected chi connectivity index (χ3v) is 11.0. The molecule has 0 saturated heterocycles. The molecule has 1 aliphatic carbocycles. The van der Waals surface area contributed by atoms with E-state index in [0.29, 0.717) is 38.0 Å². The van der Waals surface area contributed by atoms with Crippen LogP contribution < -0.4 is 4.74 Å². The Kier molecular flexibility index (Phi) is 10.7. The fourth-order valence-electron chi connectivity index (χ4n) is 6.33. The summed E-state index contributed by atoms with van der Waals surface area (Å²) in [5.41, 5.74) is 2.52. The van der Waals surface area contributed by atoms with Crippen LogP contribution >= 0.6 is 34.7 Å². The molecule has 0 spiro atoms. The van der Waals surface area contributed by atoms with Crippen molar-refractivity contribution in [2.75, 3.05) is 19.9 Å². The van der Waals surface area contributed by atoms with E-state index < -0.39 is 23.6 Å². The molecule has 5 rings (SSSR count). The van der Waals surface area contributed by atoms with Crippen molar-refractivity contribution >= 4 is 56.8 Å². The average molecular weight is 701 g/mol. The predicted molar refractivity (Wildman–Crippen MR) is 187 cm³/mol. The van der Waals surface area contributed by atoms with Crippen molar-refractivity contribution in [2.45, 2.75) is 70.0 Å². The monoisotopic (exact) mass is 700 g/mol. The molecule has 2 amide bonds. The molecule has 1 fully saturated rings. The highest BCUT2D eigenvalue weighted by Gasteiger charge is 2.36. The minimum Gasteiger partial charge on any atom is -0.496 e. The molecule has 3 aromatic carbocycles. The van der Waals surface area contributed by atoms with E-state index in [4.69, 9.17) is 16.3 Å². The summed E-state index contributed by atoms with van der Waals surface area (Å²) in [5, 5.41) is 9.81. The van der Waals surface area contributed by atoms with Gasteiger partial charge in [-0.1, -0.05) is 50.6 Å². The lowest BCUT2D eigenvalue weighted by molar-refractivity contribution is 0.0492. The average Bonchev–Trinajstić information content (AvgIpc) is 3.41. The molecule has 250 valence electrons. The van der Waals surface area contributed by atoms with Crippen LogP contribution in [0, 0.1) is 17.0 Å². The van der Waals surface area contributed by atoms with E-state index in [9.17, 15) is 23.5 Å². The highest BCUT2D eigenvalue weighted by molar-refractivity contribution is 7.98. The van der Waals surface area contributed by atoms with E-state index in [-0.39, 0.29) is 44.0 Å². The largest absolute Gasteiger partial charge is 0.496 e. The Balaban J connectivity index is 1.52. The first-order valence-corrected chi connectivity index (χ1v) is 17.9. The molecule has 4 aromatic rings. The van der Waals surface area contributed by atoms with Crippen molar-refractivity contribution in [2.24, 2.45) is 5.41 Å². The third-order valence-electron chi connectivity index (χ3n) is 8.62. The van der Waals surface area contributed by atoms with E-state index in [1.165, 1.54) is 4.90 Å². The number of methoxy groups -OCH3 is 1. The van der Waals surface area contributed by atoms with Gasteiger partial charge in [0.15, 0.2) is 0 Å². The predicted octanol–water partition coefficient (Wildman–Crippen LogP) is 10.2. The zero-order valence-electron chi connectivity index (χ0n) is 27.1. The molecule has 11 heteroatoms. The van der Waals surface area contributed by atoms with Gasteiger partial charge in [-0.15, -0.1) is 23.1 Å². The highest BCUT2D eigenvalue weighted by Crippen LogP contribution is 2.41. The van der Waals surface area contributed by atoms with Gasteiger partial charge in [-0.25, -0.2) is 13.6 Å². The number of carbonyl (C=O) groups excluding carboxylic acids is 1. The molecule has 0 atom stereocenters. The maximum Gasteiger partial charge on any atom is 0.407 e. The van der Waals surface area contributed by atoms with Gasteiger partial charge < -0.3 is 19.6 Å². The number of halogens is 3. The van der Waals surface area contributed by atoms with Gasteiger partial charge in [-0.05, 0) is 84.9 Å². The smallest absolute Gasteiger partial charge is 0.407 e. The molecule has 0 bridgehead atoms. The Morgan fingerprint density at radius 3 is 2.11 bits per heavy atom. The summed E-state index contributed by atoms with van der Waals surface area (Å²) < 4.78 is 35.3. The van der Waals surface area contributed by atoms with E-state index in [1.54, 1.807) is 23.8 Å². The summed E-state index contributed by atoms with van der Waals surface area (Å²) in [6.45, 7) is 6.58. The number of ether oxygens (including phenoxy) is 1.